The van der Waals surface area contributed by atoms with Gasteiger partial charge < -0.3 is 13.8 Å². The summed E-state index contributed by atoms with van der Waals surface area (Å²) < 4.78 is 10.6. The first-order valence-corrected chi connectivity index (χ1v) is 9.12. The van der Waals surface area contributed by atoms with Crippen molar-refractivity contribution >= 4 is 17.5 Å². The van der Waals surface area contributed by atoms with Gasteiger partial charge in [0, 0.05) is 36.8 Å². The van der Waals surface area contributed by atoms with Gasteiger partial charge in [0.25, 0.3) is 5.91 Å². The number of amides is 1. The smallest absolute Gasteiger partial charge is 0.257 e. The van der Waals surface area contributed by atoms with Crippen molar-refractivity contribution in [2.75, 3.05) is 26.2 Å². The molecule has 8 heteroatoms. The minimum absolute atomic E-state index is 0.0173. The molecule has 3 heterocycles. The van der Waals surface area contributed by atoms with Crippen LogP contribution >= 0.6 is 11.6 Å². The maximum atomic E-state index is 12.5. The molecule has 2 aromatic heterocycles. The molecule has 7 nitrogen and oxygen atoms in total. The van der Waals surface area contributed by atoms with E-state index in [1.807, 2.05) is 17.0 Å². The Hall–Kier alpha value is -2.64. The van der Waals surface area contributed by atoms with Crippen molar-refractivity contribution < 1.29 is 13.7 Å². The fourth-order valence-corrected chi connectivity index (χ4v) is 3.24. The summed E-state index contributed by atoms with van der Waals surface area (Å²) in [5.74, 6) is 1.78. The first-order chi connectivity index (χ1) is 13.1. The number of piperazine rings is 1. The van der Waals surface area contributed by atoms with E-state index in [4.69, 9.17) is 20.5 Å². The van der Waals surface area contributed by atoms with Crippen LogP contribution in [0.1, 0.15) is 22.0 Å². The molecule has 0 atom stereocenters. The van der Waals surface area contributed by atoms with Crippen molar-refractivity contribution in [1.82, 2.24) is 19.9 Å². The molecule has 0 N–H and O–H groups in total. The van der Waals surface area contributed by atoms with Gasteiger partial charge in [0.1, 0.15) is 5.76 Å². The van der Waals surface area contributed by atoms with E-state index < -0.39 is 0 Å². The van der Waals surface area contributed by atoms with Crippen molar-refractivity contribution in [3.8, 4) is 11.4 Å². The van der Waals surface area contributed by atoms with Gasteiger partial charge >= 0.3 is 0 Å². The molecule has 0 saturated carbocycles. The van der Waals surface area contributed by atoms with Gasteiger partial charge in [-0.1, -0.05) is 16.8 Å². The molecular weight excluding hydrogens is 368 g/mol. The Balaban J connectivity index is 1.34. The van der Waals surface area contributed by atoms with Gasteiger partial charge in [-0.2, -0.15) is 4.98 Å². The lowest BCUT2D eigenvalue weighted by Gasteiger charge is -2.33. The minimum atomic E-state index is 0.0173. The monoisotopic (exact) mass is 386 g/mol. The fourth-order valence-electron chi connectivity index (χ4n) is 3.11. The summed E-state index contributed by atoms with van der Waals surface area (Å²) in [7, 11) is 0. The summed E-state index contributed by atoms with van der Waals surface area (Å²) in [5.41, 5.74) is 1.49. The van der Waals surface area contributed by atoms with E-state index >= 15 is 0 Å². The molecule has 1 fully saturated rings. The fraction of sp³-hybridized carbons (Fsp3) is 0.316. The number of hydrogen-bond acceptors (Lipinski definition) is 6. The van der Waals surface area contributed by atoms with Crippen LogP contribution in [-0.4, -0.2) is 52.0 Å². The molecule has 27 heavy (non-hydrogen) atoms. The normalized spacial score (nSPS) is 15.3. The van der Waals surface area contributed by atoms with Crippen molar-refractivity contribution in [3.63, 3.8) is 0 Å². The molecule has 0 aliphatic carbocycles. The molecule has 4 rings (SSSR count). The van der Waals surface area contributed by atoms with Gasteiger partial charge in [-0.3, -0.25) is 9.69 Å². The van der Waals surface area contributed by atoms with Crippen LogP contribution in [0.3, 0.4) is 0 Å². The van der Waals surface area contributed by atoms with Gasteiger partial charge in [-0.15, -0.1) is 0 Å². The zero-order valence-electron chi connectivity index (χ0n) is 14.9. The van der Waals surface area contributed by atoms with Crippen molar-refractivity contribution in [2.24, 2.45) is 0 Å². The largest absolute Gasteiger partial charge is 0.469 e. The molecule has 0 bridgehead atoms. The van der Waals surface area contributed by atoms with Crippen LogP contribution < -0.4 is 0 Å². The summed E-state index contributed by atoms with van der Waals surface area (Å²) in [5, 5.41) is 4.70. The number of carbonyl (C=O) groups excluding carboxylic acids is 1. The van der Waals surface area contributed by atoms with E-state index in [2.05, 4.69) is 15.0 Å². The highest BCUT2D eigenvalue weighted by atomic mass is 35.5. The average molecular weight is 387 g/mol. The number of carbonyl (C=O) groups is 1. The lowest BCUT2D eigenvalue weighted by Crippen LogP contribution is -2.48. The molecule has 0 spiro atoms. The minimum Gasteiger partial charge on any atom is -0.469 e. The predicted octanol–water partition coefficient (Wildman–Crippen LogP) is 3.25. The third-order valence-corrected chi connectivity index (χ3v) is 4.93. The zero-order valence-corrected chi connectivity index (χ0v) is 15.6. The molecule has 1 aliphatic rings. The van der Waals surface area contributed by atoms with Gasteiger partial charge in [0.15, 0.2) is 0 Å². The van der Waals surface area contributed by atoms with Crippen LogP contribution in [0.15, 0.2) is 45.5 Å². The molecular formula is C19H19ClN4O3. The molecule has 0 unspecified atom stereocenters. The van der Waals surface area contributed by atoms with Gasteiger partial charge in [0.2, 0.25) is 11.7 Å². The van der Waals surface area contributed by atoms with Crippen molar-refractivity contribution in [3.05, 3.63) is 58.8 Å². The van der Waals surface area contributed by atoms with E-state index in [1.165, 1.54) is 0 Å². The number of hydrogen-bond donors (Lipinski definition) is 0. The van der Waals surface area contributed by atoms with E-state index in [1.54, 1.807) is 31.4 Å². The number of rotatable bonds is 4. The summed E-state index contributed by atoms with van der Waals surface area (Å²) in [6.07, 6.45) is 1.55. The molecule has 1 amide bonds. The summed E-state index contributed by atoms with van der Waals surface area (Å²) in [6, 6.07) is 9.04. The second-order valence-corrected chi connectivity index (χ2v) is 6.91. The van der Waals surface area contributed by atoms with Crippen molar-refractivity contribution in [2.45, 2.75) is 13.5 Å². The number of nitrogens with zero attached hydrogens (tertiary/aromatic N) is 4. The third-order valence-electron chi connectivity index (χ3n) is 4.68. The van der Waals surface area contributed by atoms with E-state index in [0.29, 0.717) is 47.7 Å². The summed E-state index contributed by atoms with van der Waals surface area (Å²) in [4.78, 5) is 21.0. The topological polar surface area (TPSA) is 75.6 Å². The molecule has 1 aromatic carbocycles. The van der Waals surface area contributed by atoms with Crippen LogP contribution in [0.25, 0.3) is 11.4 Å². The summed E-state index contributed by atoms with van der Waals surface area (Å²) >= 11 is 5.90. The third kappa shape index (κ3) is 3.89. The summed E-state index contributed by atoms with van der Waals surface area (Å²) in [6.45, 7) is 5.18. The highest BCUT2D eigenvalue weighted by Crippen LogP contribution is 2.20. The Kier molecular flexibility index (Phi) is 4.96. The lowest BCUT2D eigenvalue weighted by atomic mass is 10.2. The Morgan fingerprint density at radius 1 is 1.15 bits per heavy atom. The molecule has 1 saturated heterocycles. The number of furan rings is 1. The second kappa shape index (κ2) is 7.54. The molecule has 1 aliphatic heterocycles. The second-order valence-electron chi connectivity index (χ2n) is 6.48. The SMILES string of the molecule is Cc1occc1C(=O)N1CCN(Cc2nc(-c3ccc(Cl)cc3)no2)CC1. The Labute approximate surface area is 161 Å². The Bertz CT molecular complexity index is 927. The maximum absolute atomic E-state index is 12.5. The molecule has 0 radical (unpaired) electrons. The van der Waals surface area contributed by atoms with E-state index in [9.17, 15) is 4.79 Å². The standard InChI is InChI=1S/C19H19ClN4O3/c1-13-16(6-11-26-13)19(25)24-9-7-23(8-10-24)12-17-21-18(22-27-17)14-2-4-15(20)5-3-14/h2-6,11H,7-10,12H2,1H3. The van der Waals surface area contributed by atoms with Crippen molar-refractivity contribution in [1.29, 1.82) is 0 Å². The zero-order chi connectivity index (χ0) is 18.8. The number of aryl methyl sites for hydroxylation is 1. The predicted molar refractivity (Wildman–Crippen MR) is 99.4 cm³/mol. The quantitative estimate of drug-likeness (QED) is 0.685. The Morgan fingerprint density at radius 2 is 1.89 bits per heavy atom. The number of aromatic nitrogens is 2. The maximum Gasteiger partial charge on any atom is 0.257 e. The lowest BCUT2D eigenvalue weighted by molar-refractivity contribution is 0.0613. The molecule has 3 aromatic rings. The van der Waals surface area contributed by atoms with E-state index in [-0.39, 0.29) is 5.91 Å². The van der Waals surface area contributed by atoms with Gasteiger partial charge in [-0.25, -0.2) is 0 Å². The molecule has 140 valence electrons. The van der Waals surface area contributed by atoms with Crippen LogP contribution in [0.5, 0.6) is 0 Å². The van der Waals surface area contributed by atoms with Crippen LogP contribution in [-0.2, 0) is 6.54 Å². The van der Waals surface area contributed by atoms with Gasteiger partial charge in [0.05, 0.1) is 18.4 Å². The first kappa shape index (κ1) is 17.8. The number of halogens is 1. The van der Waals surface area contributed by atoms with Gasteiger partial charge in [-0.05, 0) is 37.3 Å². The number of benzene rings is 1. The first-order valence-electron chi connectivity index (χ1n) is 8.74. The van der Waals surface area contributed by atoms with Crippen LogP contribution in [0.2, 0.25) is 5.02 Å². The highest BCUT2D eigenvalue weighted by molar-refractivity contribution is 6.30. The average Bonchev–Trinajstić information content (AvgIpc) is 3.31. The van der Waals surface area contributed by atoms with Crippen LogP contribution in [0.4, 0.5) is 0 Å². The Morgan fingerprint density at radius 3 is 2.56 bits per heavy atom. The van der Waals surface area contributed by atoms with Crippen LogP contribution in [0, 0.1) is 6.92 Å². The highest BCUT2D eigenvalue weighted by Gasteiger charge is 2.25. The van der Waals surface area contributed by atoms with E-state index in [0.717, 1.165) is 18.7 Å².